The lowest BCUT2D eigenvalue weighted by Gasteiger charge is -2.10. The number of benzene rings is 1. The van der Waals surface area contributed by atoms with Gasteiger partial charge < -0.3 is 21.9 Å². The highest BCUT2D eigenvalue weighted by molar-refractivity contribution is 5.94. The van der Waals surface area contributed by atoms with E-state index in [1.807, 2.05) is 0 Å². The van der Waals surface area contributed by atoms with Crippen molar-refractivity contribution in [3.8, 4) is 5.75 Å². The highest BCUT2D eigenvalue weighted by Crippen LogP contribution is 2.37. The Morgan fingerprint density at radius 1 is 1.32 bits per heavy atom. The molecule has 0 unspecified atom stereocenters. The van der Waals surface area contributed by atoms with Crippen LogP contribution >= 0.6 is 0 Å². The molecule has 0 saturated carbocycles. The molecule has 0 amide bonds. The fraction of sp³-hybridized carbons (Fsp3) is 0.200. The van der Waals surface area contributed by atoms with Crippen LogP contribution in [0.2, 0.25) is 0 Å². The molecule has 0 atom stereocenters. The summed E-state index contributed by atoms with van der Waals surface area (Å²) in [5, 5.41) is 11.0. The second-order valence-corrected chi connectivity index (χ2v) is 3.92. The van der Waals surface area contributed by atoms with Crippen LogP contribution in [-0.4, -0.2) is 23.2 Å². The van der Waals surface area contributed by atoms with E-state index in [2.05, 4.69) is 14.7 Å². The summed E-state index contributed by atoms with van der Waals surface area (Å²) < 4.78 is 40.2. The molecule has 1 rings (SSSR count). The van der Waals surface area contributed by atoms with Crippen LogP contribution in [0.1, 0.15) is 5.56 Å². The van der Waals surface area contributed by atoms with Crippen molar-refractivity contribution in [1.82, 2.24) is 0 Å². The summed E-state index contributed by atoms with van der Waals surface area (Å²) in [6.45, 7) is 1.29. The van der Waals surface area contributed by atoms with Crippen LogP contribution < -0.4 is 21.9 Å². The molecule has 22 heavy (non-hydrogen) atoms. The van der Waals surface area contributed by atoms with Gasteiger partial charge in [0.25, 0.3) is 5.69 Å². The zero-order valence-corrected chi connectivity index (χ0v) is 11.1. The molecule has 120 valence electrons. The van der Waals surface area contributed by atoms with Crippen molar-refractivity contribution in [1.29, 1.82) is 0 Å². The largest absolute Gasteiger partial charge is 0.573 e. The normalized spacial score (nSPS) is 11.9. The molecule has 6 N–H and O–H groups in total. The van der Waals surface area contributed by atoms with E-state index in [1.165, 1.54) is 6.92 Å². The molecule has 0 fully saturated rings. The first kappa shape index (κ1) is 17.0. The van der Waals surface area contributed by atoms with E-state index in [1.54, 1.807) is 0 Å². The Kier molecular flexibility index (Phi) is 4.76. The molecule has 0 aliphatic rings. The molecule has 0 radical (unpaired) electrons. The van der Waals surface area contributed by atoms with Crippen LogP contribution in [0, 0.1) is 17.0 Å². The number of ether oxygens (including phenoxy) is 1. The second kappa shape index (κ2) is 6.15. The Morgan fingerprint density at radius 2 is 1.91 bits per heavy atom. The minimum absolute atomic E-state index is 0.0159. The van der Waals surface area contributed by atoms with Gasteiger partial charge in [0, 0.05) is 0 Å². The second-order valence-electron chi connectivity index (χ2n) is 3.92. The van der Waals surface area contributed by atoms with E-state index < -0.39 is 34.6 Å². The Labute approximate surface area is 121 Å². The zero-order chi connectivity index (χ0) is 17.1. The van der Waals surface area contributed by atoms with Crippen molar-refractivity contribution >= 4 is 23.3 Å². The van der Waals surface area contributed by atoms with Gasteiger partial charge in [-0.2, -0.15) is 4.99 Å². The fourth-order valence-corrected chi connectivity index (χ4v) is 1.48. The van der Waals surface area contributed by atoms with Gasteiger partial charge in [0.05, 0.1) is 11.0 Å². The number of halogens is 3. The molecule has 0 heterocycles. The van der Waals surface area contributed by atoms with E-state index in [4.69, 9.17) is 17.2 Å². The number of nitrogens with two attached hydrogens (primary N) is 3. The van der Waals surface area contributed by atoms with Crippen molar-refractivity contribution in [2.45, 2.75) is 13.3 Å². The summed E-state index contributed by atoms with van der Waals surface area (Å²) in [5.74, 6) is -1.68. The molecule has 1 aromatic carbocycles. The van der Waals surface area contributed by atoms with Crippen molar-refractivity contribution in [3.05, 3.63) is 27.8 Å². The van der Waals surface area contributed by atoms with E-state index in [0.717, 1.165) is 6.07 Å². The topological polar surface area (TPSA) is 155 Å². The number of nitro groups is 1. The summed E-state index contributed by atoms with van der Waals surface area (Å²) in [7, 11) is 0. The minimum Gasteiger partial charge on any atom is -0.406 e. The lowest BCUT2D eigenvalue weighted by atomic mass is 10.1. The lowest BCUT2D eigenvalue weighted by Crippen LogP contribution is -2.26. The van der Waals surface area contributed by atoms with Gasteiger partial charge in [-0.1, -0.05) is 0 Å². The van der Waals surface area contributed by atoms with Gasteiger partial charge >= 0.3 is 6.36 Å². The molecule has 12 heteroatoms. The Hall–Kier alpha value is -3.05. The molecule has 0 bridgehead atoms. The van der Waals surface area contributed by atoms with Crippen LogP contribution in [0.4, 0.5) is 24.5 Å². The first-order valence-electron chi connectivity index (χ1n) is 5.48. The molecule has 0 aromatic heterocycles. The molecule has 9 nitrogen and oxygen atoms in total. The Morgan fingerprint density at radius 3 is 2.36 bits per heavy atom. The van der Waals surface area contributed by atoms with Crippen LogP contribution in [0.5, 0.6) is 5.75 Å². The standard InChI is InChI=1S/C10H11F3N6O3/c1-4-2-5(22-10(11,12)13)3-6(19(20)21)7(4)17-9(16)18-8(14)15/h2-3H,1H3,(H6,14,15,16,17,18). The van der Waals surface area contributed by atoms with Crippen molar-refractivity contribution in [2.24, 2.45) is 27.2 Å². The quantitative estimate of drug-likeness (QED) is 0.327. The molecule has 1 aromatic rings. The number of nitro benzene ring substituents is 1. The maximum Gasteiger partial charge on any atom is 0.573 e. The smallest absolute Gasteiger partial charge is 0.406 e. The number of nitrogens with zero attached hydrogens (tertiary/aromatic N) is 3. The van der Waals surface area contributed by atoms with Gasteiger partial charge in [-0.25, -0.2) is 4.99 Å². The molecule has 0 aliphatic heterocycles. The predicted octanol–water partition coefficient (Wildman–Crippen LogP) is 1.02. The summed E-state index contributed by atoms with van der Waals surface area (Å²) in [5.41, 5.74) is 14.5. The summed E-state index contributed by atoms with van der Waals surface area (Å²) in [6, 6.07) is 1.49. The summed E-state index contributed by atoms with van der Waals surface area (Å²) in [4.78, 5) is 17.0. The highest BCUT2D eigenvalue weighted by Gasteiger charge is 2.32. The average Bonchev–Trinajstić information content (AvgIpc) is 2.28. The summed E-state index contributed by atoms with van der Waals surface area (Å²) >= 11 is 0. The summed E-state index contributed by atoms with van der Waals surface area (Å²) in [6.07, 6.45) is -4.98. The number of aryl methyl sites for hydroxylation is 1. The lowest BCUT2D eigenvalue weighted by molar-refractivity contribution is -0.384. The van der Waals surface area contributed by atoms with Crippen LogP contribution in [0.25, 0.3) is 0 Å². The SMILES string of the molecule is Cc1cc(OC(F)(F)F)cc([N+](=O)[O-])c1N=C(N)N=C(N)N. The van der Waals surface area contributed by atoms with Crippen LogP contribution in [0.15, 0.2) is 22.1 Å². The third-order valence-electron chi connectivity index (χ3n) is 2.15. The number of aliphatic imine (C=N–C) groups is 2. The Balaban J connectivity index is 3.41. The van der Waals surface area contributed by atoms with Crippen LogP contribution in [-0.2, 0) is 0 Å². The number of rotatable bonds is 3. The van der Waals surface area contributed by atoms with Crippen molar-refractivity contribution in [2.75, 3.05) is 0 Å². The average molecular weight is 320 g/mol. The van der Waals surface area contributed by atoms with Gasteiger partial charge in [-0.05, 0) is 18.6 Å². The van der Waals surface area contributed by atoms with Gasteiger partial charge in [0.1, 0.15) is 11.4 Å². The molecule has 0 spiro atoms. The van der Waals surface area contributed by atoms with E-state index in [9.17, 15) is 23.3 Å². The first-order chi connectivity index (χ1) is 9.99. The van der Waals surface area contributed by atoms with E-state index >= 15 is 0 Å². The molecule has 0 aliphatic carbocycles. The predicted molar refractivity (Wildman–Crippen MR) is 71.6 cm³/mol. The molecule has 0 saturated heterocycles. The maximum atomic E-state index is 12.2. The maximum absolute atomic E-state index is 12.2. The number of alkyl halides is 3. The molecular formula is C10H11F3N6O3. The third kappa shape index (κ3) is 4.81. The minimum atomic E-state index is -4.98. The van der Waals surface area contributed by atoms with Gasteiger partial charge in [-0.3, -0.25) is 10.1 Å². The monoisotopic (exact) mass is 320 g/mol. The third-order valence-corrected chi connectivity index (χ3v) is 2.15. The van der Waals surface area contributed by atoms with Crippen molar-refractivity contribution < 1.29 is 22.8 Å². The highest BCUT2D eigenvalue weighted by atomic mass is 19.4. The fourth-order valence-electron chi connectivity index (χ4n) is 1.48. The zero-order valence-electron chi connectivity index (χ0n) is 11.1. The number of guanidine groups is 2. The van der Waals surface area contributed by atoms with Gasteiger partial charge in [0.2, 0.25) is 5.96 Å². The molecular weight excluding hydrogens is 309 g/mol. The van der Waals surface area contributed by atoms with Crippen LogP contribution in [0.3, 0.4) is 0 Å². The number of hydrogen-bond acceptors (Lipinski definition) is 4. The van der Waals surface area contributed by atoms with Gasteiger partial charge in [-0.15, -0.1) is 13.2 Å². The van der Waals surface area contributed by atoms with E-state index in [-0.39, 0.29) is 11.3 Å². The number of hydrogen-bond donors (Lipinski definition) is 3. The van der Waals surface area contributed by atoms with Crippen molar-refractivity contribution in [3.63, 3.8) is 0 Å². The van der Waals surface area contributed by atoms with Gasteiger partial charge in [0.15, 0.2) is 5.96 Å². The Bertz CT molecular complexity index is 652. The van der Waals surface area contributed by atoms with E-state index in [0.29, 0.717) is 6.07 Å². The first-order valence-corrected chi connectivity index (χ1v) is 5.48.